The van der Waals surface area contributed by atoms with Gasteiger partial charge < -0.3 is 15.0 Å². The second-order valence-corrected chi connectivity index (χ2v) is 14.5. The number of fused-ring (bicyclic) bond motifs is 1. The molecule has 3 aromatic rings. The molecule has 1 aliphatic heterocycles. The molecule has 7 nitrogen and oxygen atoms in total. The first-order valence-electron chi connectivity index (χ1n) is 15.7. The third-order valence-electron chi connectivity index (χ3n) is 7.78. The summed E-state index contributed by atoms with van der Waals surface area (Å²) in [6.07, 6.45) is -3.54. The molecule has 0 radical (unpaired) electrons. The Morgan fingerprint density at radius 2 is 1.65 bits per heavy atom. The van der Waals surface area contributed by atoms with Crippen molar-refractivity contribution in [2.75, 3.05) is 26.2 Å². The highest BCUT2D eigenvalue weighted by molar-refractivity contribution is 7.89. The molecule has 0 fully saturated rings. The van der Waals surface area contributed by atoms with E-state index in [1.54, 1.807) is 30.3 Å². The summed E-state index contributed by atoms with van der Waals surface area (Å²) in [5.41, 5.74) is 1.44. The van der Waals surface area contributed by atoms with Gasteiger partial charge in [-0.2, -0.15) is 13.2 Å². The summed E-state index contributed by atoms with van der Waals surface area (Å²) in [6.45, 7) is 12.3. The molecule has 2 atom stereocenters. The molecule has 0 saturated heterocycles. The zero-order valence-electron chi connectivity index (χ0n) is 26.8. The molecule has 250 valence electrons. The average molecular weight is 660 g/mol. The van der Waals surface area contributed by atoms with E-state index in [0.717, 1.165) is 61.1 Å². The number of alkyl halides is 3. The minimum absolute atomic E-state index is 0.255. The Kier molecular flexibility index (Phi) is 11.9. The fraction of sp³-hybridized carbons (Fsp3) is 0.457. The molecule has 0 saturated carbocycles. The summed E-state index contributed by atoms with van der Waals surface area (Å²) >= 11 is 0. The Morgan fingerprint density at radius 1 is 0.957 bits per heavy atom. The van der Waals surface area contributed by atoms with Crippen LogP contribution in [0.5, 0.6) is 5.75 Å². The molecule has 2 N–H and O–H groups in total. The number of halogens is 3. The Balaban J connectivity index is 1.46. The highest BCUT2D eigenvalue weighted by atomic mass is 32.2. The highest BCUT2D eigenvalue weighted by Gasteiger charge is 2.33. The number of hydrogen-bond acceptors (Lipinski definition) is 5. The normalized spacial score (nSPS) is 15.9. The number of carbonyl (C=O) groups excluding carboxylic acids is 1. The molecule has 0 aromatic heterocycles. The van der Waals surface area contributed by atoms with E-state index in [9.17, 15) is 26.4 Å². The lowest BCUT2D eigenvalue weighted by molar-refractivity contribution is -0.137. The number of nitrogens with zero attached hydrogens (tertiary/aromatic N) is 1. The molecule has 3 aromatic carbocycles. The van der Waals surface area contributed by atoms with Crippen molar-refractivity contribution in [1.82, 2.24) is 14.9 Å². The minimum Gasteiger partial charge on any atom is -0.493 e. The fourth-order valence-electron chi connectivity index (χ4n) is 5.76. The van der Waals surface area contributed by atoms with Gasteiger partial charge in [0.1, 0.15) is 5.75 Å². The van der Waals surface area contributed by atoms with Crippen molar-refractivity contribution in [1.29, 1.82) is 0 Å². The van der Waals surface area contributed by atoms with Gasteiger partial charge >= 0.3 is 6.18 Å². The van der Waals surface area contributed by atoms with Crippen LogP contribution in [0, 0.1) is 11.8 Å². The third kappa shape index (κ3) is 10.0. The second kappa shape index (κ2) is 15.5. The van der Waals surface area contributed by atoms with Gasteiger partial charge in [0.25, 0.3) is 0 Å². The van der Waals surface area contributed by atoms with Gasteiger partial charge in [0.05, 0.1) is 29.1 Å². The molecule has 46 heavy (non-hydrogen) atoms. The van der Waals surface area contributed by atoms with Crippen molar-refractivity contribution in [3.05, 3.63) is 95.1 Å². The standard InChI is InChI=1S/C35H44F3N3O4S/c1-24(2)22-41(23-25(3)4)17-15-26-13-14-30-31(16-18-45-33(30)19-26)39-34(42)21-32(27-9-6-5-7-10-27)40-46(43,44)29-12-8-11-28(20-29)35(36,37)38/h5-14,19-20,24-25,31-32,40H,15-18,21-23H2,1-4H3,(H,39,42)/t31?,32-/m1/s1. The molecule has 1 unspecified atom stereocenters. The summed E-state index contributed by atoms with van der Waals surface area (Å²) in [5.74, 6) is 1.47. The maximum atomic E-state index is 13.4. The predicted molar refractivity (Wildman–Crippen MR) is 173 cm³/mol. The van der Waals surface area contributed by atoms with Crippen LogP contribution in [0.1, 0.15) is 74.9 Å². The maximum absolute atomic E-state index is 13.4. The monoisotopic (exact) mass is 659 g/mol. The van der Waals surface area contributed by atoms with E-state index < -0.39 is 38.6 Å². The summed E-state index contributed by atoms with van der Waals surface area (Å²) in [7, 11) is -4.40. The smallest absolute Gasteiger partial charge is 0.416 e. The summed E-state index contributed by atoms with van der Waals surface area (Å²) in [6, 6.07) is 16.8. The van der Waals surface area contributed by atoms with Crippen LogP contribution in [-0.2, 0) is 27.4 Å². The van der Waals surface area contributed by atoms with Crippen LogP contribution in [-0.4, -0.2) is 45.5 Å². The molecule has 11 heteroatoms. The van der Waals surface area contributed by atoms with E-state index in [1.165, 1.54) is 0 Å². The van der Waals surface area contributed by atoms with Gasteiger partial charge in [0.15, 0.2) is 0 Å². The van der Waals surface area contributed by atoms with E-state index in [1.807, 2.05) is 12.1 Å². The first kappa shape index (κ1) is 35.4. The molecule has 1 heterocycles. The Morgan fingerprint density at radius 3 is 2.30 bits per heavy atom. The molecule has 1 aliphatic rings. The van der Waals surface area contributed by atoms with Crippen molar-refractivity contribution in [3.8, 4) is 5.75 Å². The van der Waals surface area contributed by atoms with E-state index in [4.69, 9.17) is 4.74 Å². The van der Waals surface area contributed by atoms with Crippen molar-refractivity contribution < 1.29 is 31.1 Å². The number of rotatable bonds is 14. The Bertz CT molecular complexity index is 1550. The number of ether oxygens (including phenoxy) is 1. The number of benzene rings is 3. The van der Waals surface area contributed by atoms with E-state index in [2.05, 4.69) is 48.7 Å². The Hall–Kier alpha value is -3.41. The van der Waals surface area contributed by atoms with Gasteiger partial charge in [0.2, 0.25) is 15.9 Å². The van der Waals surface area contributed by atoms with Crippen LogP contribution in [0.2, 0.25) is 0 Å². The zero-order valence-corrected chi connectivity index (χ0v) is 27.6. The topological polar surface area (TPSA) is 87.7 Å². The molecule has 1 amide bonds. The second-order valence-electron chi connectivity index (χ2n) is 12.7. The average Bonchev–Trinajstić information content (AvgIpc) is 2.99. The number of amides is 1. The van der Waals surface area contributed by atoms with Crippen LogP contribution in [0.4, 0.5) is 13.2 Å². The van der Waals surface area contributed by atoms with Crippen LogP contribution < -0.4 is 14.8 Å². The van der Waals surface area contributed by atoms with E-state index in [0.29, 0.717) is 36.5 Å². The molecule has 0 spiro atoms. The first-order chi connectivity index (χ1) is 21.7. The number of nitrogens with one attached hydrogen (secondary N) is 2. The summed E-state index contributed by atoms with van der Waals surface area (Å²) < 4.78 is 74.7. The van der Waals surface area contributed by atoms with Gasteiger partial charge in [0, 0.05) is 38.0 Å². The number of sulfonamides is 1. The summed E-state index contributed by atoms with van der Waals surface area (Å²) in [4.78, 5) is 15.3. The molecular weight excluding hydrogens is 615 g/mol. The van der Waals surface area contributed by atoms with Crippen LogP contribution in [0.15, 0.2) is 77.7 Å². The van der Waals surface area contributed by atoms with Gasteiger partial charge in [-0.25, -0.2) is 13.1 Å². The van der Waals surface area contributed by atoms with Crippen molar-refractivity contribution in [2.45, 2.75) is 70.1 Å². The maximum Gasteiger partial charge on any atom is 0.416 e. The Labute approximate surface area is 270 Å². The quantitative estimate of drug-likeness (QED) is 0.196. The van der Waals surface area contributed by atoms with E-state index in [-0.39, 0.29) is 12.5 Å². The lowest BCUT2D eigenvalue weighted by Crippen LogP contribution is -2.36. The first-order valence-corrected chi connectivity index (χ1v) is 17.2. The summed E-state index contributed by atoms with van der Waals surface area (Å²) in [5, 5.41) is 3.03. The van der Waals surface area contributed by atoms with Crippen molar-refractivity contribution in [3.63, 3.8) is 0 Å². The molecular formula is C35H44F3N3O4S. The molecule has 0 bridgehead atoms. The molecule has 0 aliphatic carbocycles. The predicted octanol–water partition coefficient (Wildman–Crippen LogP) is 6.91. The molecule has 4 rings (SSSR count). The van der Waals surface area contributed by atoms with Gasteiger partial charge in [-0.15, -0.1) is 0 Å². The van der Waals surface area contributed by atoms with E-state index >= 15 is 0 Å². The van der Waals surface area contributed by atoms with Gasteiger partial charge in [-0.1, -0.05) is 76.2 Å². The van der Waals surface area contributed by atoms with Crippen LogP contribution in [0.25, 0.3) is 0 Å². The van der Waals surface area contributed by atoms with Gasteiger partial charge in [-0.3, -0.25) is 4.79 Å². The van der Waals surface area contributed by atoms with Crippen molar-refractivity contribution >= 4 is 15.9 Å². The van der Waals surface area contributed by atoms with Crippen LogP contribution >= 0.6 is 0 Å². The van der Waals surface area contributed by atoms with Gasteiger partial charge in [-0.05, 0) is 53.6 Å². The largest absolute Gasteiger partial charge is 0.493 e. The highest BCUT2D eigenvalue weighted by Crippen LogP contribution is 2.34. The lowest BCUT2D eigenvalue weighted by Gasteiger charge is -2.29. The third-order valence-corrected chi connectivity index (χ3v) is 9.25. The van der Waals surface area contributed by atoms with Crippen LogP contribution in [0.3, 0.4) is 0 Å². The SMILES string of the molecule is CC(C)CN(CCc1ccc2c(c1)OCCC2NC(=O)C[C@@H](NS(=O)(=O)c1cccc(C(F)(F)F)c1)c1ccccc1)CC(C)C. The fourth-order valence-corrected chi connectivity index (χ4v) is 7.03. The number of hydrogen-bond donors (Lipinski definition) is 2. The zero-order chi connectivity index (χ0) is 33.5. The lowest BCUT2D eigenvalue weighted by atomic mass is 9.97. The van der Waals surface area contributed by atoms with Crippen molar-refractivity contribution in [2.24, 2.45) is 11.8 Å². The number of carbonyl (C=O) groups is 1. The minimum atomic E-state index is -4.70.